The standard InChI is InChI=1S/C20H18N2O5S/c1-13-3-5-15(6-4-13)19-21-16(11-26-19)12-27-20(23)14(2)28-18-9-7-17(8-10-18)22(24)25/h3-11,14H,12H2,1-2H3. The van der Waals surface area contributed by atoms with Crippen LogP contribution in [0.5, 0.6) is 0 Å². The number of hydrogen-bond donors (Lipinski definition) is 0. The van der Waals surface area contributed by atoms with E-state index in [2.05, 4.69) is 4.98 Å². The number of benzene rings is 2. The van der Waals surface area contributed by atoms with Crippen LogP contribution in [0.15, 0.2) is 64.1 Å². The second-order valence-corrected chi connectivity index (χ2v) is 7.54. The maximum Gasteiger partial charge on any atom is 0.319 e. The van der Waals surface area contributed by atoms with Crippen molar-refractivity contribution >= 4 is 23.4 Å². The van der Waals surface area contributed by atoms with Gasteiger partial charge < -0.3 is 9.15 Å². The first-order chi connectivity index (χ1) is 13.4. The average molecular weight is 398 g/mol. The van der Waals surface area contributed by atoms with Gasteiger partial charge in [-0.2, -0.15) is 0 Å². The zero-order valence-electron chi connectivity index (χ0n) is 15.3. The van der Waals surface area contributed by atoms with Gasteiger partial charge in [-0.3, -0.25) is 14.9 Å². The molecule has 8 heteroatoms. The van der Waals surface area contributed by atoms with Crippen LogP contribution >= 0.6 is 11.8 Å². The largest absolute Gasteiger partial charge is 0.458 e. The SMILES string of the molecule is Cc1ccc(-c2nc(COC(=O)C(C)Sc3ccc([N+](=O)[O-])cc3)co2)cc1. The second-order valence-electron chi connectivity index (χ2n) is 6.13. The fourth-order valence-corrected chi connectivity index (χ4v) is 3.23. The van der Waals surface area contributed by atoms with Gasteiger partial charge in [0.25, 0.3) is 5.69 Å². The lowest BCUT2D eigenvalue weighted by molar-refractivity contribution is -0.384. The molecular formula is C20H18N2O5S. The first-order valence-corrected chi connectivity index (χ1v) is 9.39. The molecule has 0 aliphatic carbocycles. The number of aryl methyl sites for hydroxylation is 1. The molecule has 0 radical (unpaired) electrons. The number of non-ortho nitro benzene ring substituents is 1. The third-order valence-corrected chi connectivity index (χ3v) is 5.00. The highest BCUT2D eigenvalue weighted by molar-refractivity contribution is 8.00. The smallest absolute Gasteiger partial charge is 0.319 e. The number of thioether (sulfide) groups is 1. The summed E-state index contributed by atoms with van der Waals surface area (Å²) in [4.78, 5) is 27.5. The molecule has 0 N–H and O–H groups in total. The van der Waals surface area contributed by atoms with Gasteiger partial charge in [-0.25, -0.2) is 4.98 Å². The van der Waals surface area contributed by atoms with Crippen LogP contribution in [0.25, 0.3) is 11.5 Å². The normalized spacial score (nSPS) is 11.8. The van der Waals surface area contributed by atoms with Crippen molar-refractivity contribution in [2.24, 2.45) is 0 Å². The zero-order valence-corrected chi connectivity index (χ0v) is 16.1. The first kappa shape index (κ1) is 19.6. The number of nitro groups is 1. The molecule has 1 heterocycles. The van der Waals surface area contributed by atoms with Crippen LogP contribution in [0.2, 0.25) is 0 Å². The van der Waals surface area contributed by atoms with Gasteiger partial charge in [-0.05, 0) is 38.1 Å². The Morgan fingerprint density at radius 2 is 1.89 bits per heavy atom. The van der Waals surface area contributed by atoms with Crippen molar-refractivity contribution in [1.29, 1.82) is 0 Å². The molecule has 0 fully saturated rings. The third kappa shape index (κ3) is 4.98. The van der Waals surface area contributed by atoms with Gasteiger partial charge in [-0.15, -0.1) is 11.8 Å². The molecule has 0 aliphatic heterocycles. The van der Waals surface area contributed by atoms with Crippen molar-refractivity contribution < 1.29 is 18.9 Å². The van der Waals surface area contributed by atoms with Crippen molar-refractivity contribution in [1.82, 2.24) is 4.98 Å². The number of aromatic nitrogens is 1. The summed E-state index contributed by atoms with van der Waals surface area (Å²) in [5, 5.41) is 10.2. The van der Waals surface area contributed by atoms with Gasteiger partial charge in [0.05, 0.1) is 4.92 Å². The van der Waals surface area contributed by atoms with Crippen molar-refractivity contribution in [2.75, 3.05) is 0 Å². The number of rotatable bonds is 7. The fourth-order valence-electron chi connectivity index (χ4n) is 2.36. The molecule has 3 aromatic rings. The van der Waals surface area contributed by atoms with Crippen LogP contribution in [-0.2, 0) is 16.1 Å². The van der Waals surface area contributed by atoms with Gasteiger partial charge in [0.2, 0.25) is 5.89 Å². The van der Waals surface area contributed by atoms with Gasteiger partial charge in [0.1, 0.15) is 23.8 Å². The second kappa shape index (κ2) is 8.71. The predicted molar refractivity (Wildman–Crippen MR) is 105 cm³/mol. The summed E-state index contributed by atoms with van der Waals surface area (Å²) in [5.74, 6) is 0.0718. The molecule has 0 bridgehead atoms. The van der Waals surface area contributed by atoms with Crippen molar-refractivity contribution in [2.45, 2.75) is 30.6 Å². The lowest BCUT2D eigenvalue weighted by atomic mass is 10.1. The molecule has 28 heavy (non-hydrogen) atoms. The van der Waals surface area contributed by atoms with Crippen molar-refractivity contribution in [3.05, 3.63) is 76.2 Å². The number of carbonyl (C=O) groups excluding carboxylic acids is 1. The van der Waals surface area contributed by atoms with E-state index in [-0.39, 0.29) is 12.3 Å². The molecule has 0 amide bonds. The molecule has 0 saturated carbocycles. The maximum atomic E-state index is 12.2. The molecule has 1 aromatic heterocycles. The fraction of sp³-hybridized carbons (Fsp3) is 0.200. The summed E-state index contributed by atoms with van der Waals surface area (Å²) in [7, 11) is 0. The minimum Gasteiger partial charge on any atom is -0.458 e. The van der Waals surface area contributed by atoms with Crippen molar-refractivity contribution in [3.8, 4) is 11.5 Å². The van der Waals surface area contributed by atoms with E-state index in [9.17, 15) is 14.9 Å². The highest BCUT2D eigenvalue weighted by Gasteiger charge is 2.18. The van der Waals surface area contributed by atoms with E-state index < -0.39 is 16.1 Å². The number of nitrogens with zero attached hydrogens (tertiary/aromatic N) is 2. The number of ether oxygens (including phenoxy) is 1. The van der Waals surface area contributed by atoms with Gasteiger partial charge in [0.15, 0.2) is 0 Å². The number of carbonyl (C=O) groups is 1. The zero-order chi connectivity index (χ0) is 20.1. The molecule has 0 saturated heterocycles. The number of hydrogen-bond acceptors (Lipinski definition) is 7. The molecule has 1 atom stereocenters. The molecular weight excluding hydrogens is 380 g/mol. The van der Waals surface area contributed by atoms with Gasteiger partial charge in [-0.1, -0.05) is 17.7 Å². The average Bonchev–Trinajstić information content (AvgIpc) is 3.16. The van der Waals surface area contributed by atoms with Crippen molar-refractivity contribution in [3.63, 3.8) is 0 Å². The summed E-state index contributed by atoms with van der Waals surface area (Å²) in [6, 6.07) is 13.8. The summed E-state index contributed by atoms with van der Waals surface area (Å²) >= 11 is 1.27. The highest BCUT2D eigenvalue weighted by atomic mass is 32.2. The van der Waals surface area contributed by atoms with E-state index in [1.54, 1.807) is 19.1 Å². The maximum absolute atomic E-state index is 12.2. The molecule has 144 valence electrons. The molecule has 2 aromatic carbocycles. The number of oxazole rings is 1. The van der Waals surface area contributed by atoms with Crippen LogP contribution in [0.1, 0.15) is 18.2 Å². The summed E-state index contributed by atoms with van der Waals surface area (Å²) < 4.78 is 10.7. The Morgan fingerprint density at radius 1 is 1.21 bits per heavy atom. The Morgan fingerprint density at radius 3 is 2.54 bits per heavy atom. The molecule has 0 spiro atoms. The van der Waals surface area contributed by atoms with E-state index in [1.807, 2.05) is 31.2 Å². The lowest BCUT2D eigenvalue weighted by Crippen LogP contribution is -2.16. The molecule has 0 aliphatic rings. The van der Waals surface area contributed by atoms with Crippen LogP contribution in [0, 0.1) is 17.0 Å². The Hall–Kier alpha value is -3.13. The van der Waals surface area contributed by atoms with Gasteiger partial charge in [0, 0.05) is 22.6 Å². The Kier molecular flexibility index (Phi) is 6.10. The summed E-state index contributed by atoms with van der Waals surface area (Å²) in [5.41, 5.74) is 2.53. The van der Waals surface area contributed by atoms with Gasteiger partial charge >= 0.3 is 5.97 Å². The number of nitro benzene ring substituents is 1. The topological polar surface area (TPSA) is 95.5 Å². The molecule has 1 unspecified atom stereocenters. The predicted octanol–water partition coefficient (Wildman–Crippen LogP) is 4.78. The molecule has 7 nitrogen and oxygen atoms in total. The van der Waals surface area contributed by atoms with Crippen LogP contribution < -0.4 is 0 Å². The molecule has 3 rings (SSSR count). The third-order valence-electron chi connectivity index (χ3n) is 3.90. The Labute approximate surface area is 165 Å². The Bertz CT molecular complexity index is 967. The van der Waals surface area contributed by atoms with E-state index >= 15 is 0 Å². The van der Waals surface area contributed by atoms with Crippen LogP contribution in [0.3, 0.4) is 0 Å². The quantitative estimate of drug-likeness (QED) is 0.244. The monoisotopic (exact) mass is 398 g/mol. The van der Waals surface area contributed by atoms with E-state index in [4.69, 9.17) is 9.15 Å². The van der Waals surface area contributed by atoms with Crippen LogP contribution in [0.4, 0.5) is 5.69 Å². The lowest BCUT2D eigenvalue weighted by Gasteiger charge is -2.10. The minimum atomic E-state index is -0.468. The first-order valence-electron chi connectivity index (χ1n) is 8.51. The number of esters is 1. The minimum absolute atomic E-state index is 0.00925. The van der Waals surface area contributed by atoms with E-state index in [0.29, 0.717) is 11.6 Å². The highest BCUT2D eigenvalue weighted by Crippen LogP contribution is 2.26. The summed E-state index contributed by atoms with van der Waals surface area (Å²) in [6.07, 6.45) is 1.47. The summed E-state index contributed by atoms with van der Waals surface area (Å²) in [6.45, 7) is 3.73. The Balaban J connectivity index is 1.53. The van der Waals surface area contributed by atoms with E-state index in [0.717, 1.165) is 16.0 Å². The van der Waals surface area contributed by atoms with Crippen LogP contribution in [-0.4, -0.2) is 21.1 Å². The van der Waals surface area contributed by atoms with E-state index in [1.165, 1.54) is 30.2 Å².